The summed E-state index contributed by atoms with van der Waals surface area (Å²) in [7, 11) is 0. The standard InChI is InChI=1S/C15H15ClS/c1-12-4-2-3-5-14(12)11-17-15-8-6-13(10-16)7-9-15/h2-9H,10-11H2,1H3. The molecule has 0 aliphatic carbocycles. The molecular formula is C15H15ClS. The third kappa shape index (κ3) is 3.52. The molecule has 2 aromatic carbocycles. The Morgan fingerprint density at radius 2 is 1.71 bits per heavy atom. The molecule has 0 bridgehead atoms. The van der Waals surface area contributed by atoms with Crippen molar-refractivity contribution in [2.24, 2.45) is 0 Å². The predicted octanol–water partition coefficient (Wildman–Crippen LogP) is 5.03. The van der Waals surface area contributed by atoms with Crippen LogP contribution < -0.4 is 0 Å². The van der Waals surface area contributed by atoms with Crippen LogP contribution in [-0.2, 0) is 11.6 Å². The van der Waals surface area contributed by atoms with Gasteiger partial charge in [0.2, 0.25) is 0 Å². The van der Waals surface area contributed by atoms with Crippen LogP contribution in [0, 0.1) is 6.92 Å². The monoisotopic (exact) mass is 262 g/mol. The summed E-state index contributed by atoms with van der Waals surface area (Å²) in [6, 6.07) is 17.0. The molecule has 2 heteroatoms. The van der Waals surface area contributed by atoms with Crippen LogP contribution in [0.25, 0.3) is 0 Å². The van der Waals surface area contributed by atoms with Crippen molar-refractivity contribution in [2.45, 2.75) is 23.5 Å². The molecule has 0 radical (unpaired) electrons. The van der Waals surface area contributed by atoms with Gasteiger partial charge in [-0.3, -0.25) is 0 Å². The number of hydrogen-bond donors (Lipinski definition) is 0. The van der Waals surface area contributed by atoms with E-state index in [-0.39, 0.29) is 0 Å². The number of alkyl halides is 1. The van der Waals surface area contributed by atoms with Crippen LogP contribution in [0.5, 0.6) is 0 Å². The molecule has 0 aliphatic rings. The quantitative estimate of drug-likeness (QED) is 0.550. The molecule has 0 nitrogen and oxygen atoms in total. The van der Waals surface area contributed by atoms with E-state index < -0.39 is 0 Å². The maximum absolute atomic E-state index is 5.77. The van der Waals surface area contributed by atoms with Crippen molar-refractivity contribution in [1.82, 2.24) is 0 Å². The Balaban J connectivity index is 2.00. The average Bonchev–Trinajstić information content (AvgIpc) is 2.38. The Morgan fingerprint density at radius 1 is 1.00 bits per heavy atom. The van der Waals surface area contributed by atoms with Gasteiger partial charge in [-0.15, -0.1) is 23.4 Å². The zero-order valence-corrected chi connectivity index (χ0v) is 11.4. The van der Waals surface area contributed by atoms with Gasteiger partial charge >= 0.3 is 0 Å². The maximum Gasteiger partial charge on any atom is 0.0474 e. The average molecular weight is 263 g/mol. The highest BCUT2D eigenvalue weighted by atomic mass is 35.5. The second kappa shape index (κ2) is 6.13. The van der Waals surface area contributed by atoms with Crippen molar-refractivity contribution >= 4 is 23.4 Å². The van der Waals surface area contributed by atoms with Crippen LogP contribution in [0.15, 0.2) is 53.4 Å². The van der Waals surface area contributed by atoms with Gasteiger partial charge in [-0.1, -0.05) is 36.4 Å². The fourth-order valence-electron chi connectivity index (χ4n) is 1.61. The number of thioether (sulfide) groups is 1. The van der Waals surface area contributed by atoms with Gasteiger partial charge in [-0.05, 0) is 35.7 Å². The molecule has 0 amide bonds. The second-order valence-electron chi connectivity index (χ2n) is 3.99. The van der Waals surface area contributed by atoms with E-state index in [9.17, 15) is 0 Å². The zero-order chi connectivity index (χ0) is 12.1. The number of rotatable bonds is 4. The molecule has 2 rings (SSSR count). The Hall–Kier alpha value is -0.920. The molecule has 0 saturated carbocycles. The first-order chi connectivity index (χ1) is 8.29. The van der Waals surface area contributed by atoms with Crippen molar-refractivity contribution in [1.29, 1.82) is 0 Å². The normalized spacial score (nSPS) is 10.5. The van der Waals surface area contributed by atoms with E-state index in [1.165, 1.54) is 21.6 Å². The molecule has 17 heavy (non-hydrogen) atoms. The molecule has 0 aliphatic heterocycles. The van der Waals surface area contributed by atoms with Gasteiger partial charge < -0.3 is 0 Å². The smallest absolute Gasteiger partial charge is 0.0474 e. The maximum atomic E-state index is 5.77. The van der Waals surface area contributed by atoms with Crippen molar-refractivity contribution in [3.05, 3.63) is 65.2 Å². The van der Waals surface area contributed by atoms with Crippen LogP contribution in [0.3, 0.4) is 0 Å². The number of aryl methyl sites for hydroxylation is 1. The summed E-state index contributed by atoms with van der Waals surface area (Å²) < 4.78 is 0. The van der Waals surface area contributed by atoms with E-state index in [1.54, 1.807) is 0 Å². The van der Waals surface area contributed by atoms with E-state index in [0.29, 0.717) is 5.88 Å². The first-order valence-electron chi connectivity index (χ1n) is 5.62. The summed E-state index contributed by atoms with van der Waals surface area (Å²) >= 11 is 7.63. The lowest BCUT2D eigenvalue weighted by Crippen LogP contribution is -1.85. The van der Waals surface area contributed by atoms with Crippen LogP contribution in [0.2, 0.25) is 0 Å². The van der Waals surface area contributed by atoms with E-state index in [2.05, 4.69) is 55.5 Å². The minimum absolute atomic E-state index is 0.586. The van der Waals surface area contributed by atoms with Crippen LogP contribution in [-0.4, -0.2) is 0 Å². The van der Waals surface area contributed by atoms with Gasteiger partial charge in [-0.25, -0.2) is 0 Å². The van der Waals surface area contributed by atoms with Gasteiger partial charge in [0.25, 0.3) is 0 Å². The van der Waals surface area contributed by atoms with Crippen molar-refractivity contribution in [3.8, 4) is 0 Å². The Bertz CT molecular complexity index is 477. The fraction of sp³-hybridized carbons (Fsp3) is 0.200. The zero-order valence-electron chi connectivity index (χ0n) is 9.82. The number of benzene rings is 2. The minimum Gasteiger partial charge on any atom is -0.122 e. The van der Waals surface area contributed by atoms with Crippen molar-refractivity contribution < 1.29 is 0 Å². The SMILES string of the molecule is Cc1ccccc1CSc1ccc(CCl)cc1. The highest BCUT2D eigenvalue weighted by molar-refractivity contribution is 7.98. The molecule has 0 N–H and O–H groups in total. The fourth-order valence-corrected chi connectivity index (χ4v) is 2.76. The summed E-state index contributed by atoms with van der Waals surface area (Å²) in [5.41, 5.74) is 3.93. The summed E-state index contributed by atoms with van der Waals surface area (Å²) in [5.74, 6) is 1.61. The Morgan fingerprint density at radius 3 is 2.35 bits per heavy atom. The van der Waals surface area contributed by atoms with Gasteiger partial charge in [0, 0.05) is 16.5 Å². The van der Waals surface area contributed by atoms with Gasteiger partial charge in [0.05, 0.1) is 0 Å². The summed E-state index contributed by atoms with van der Waals surface area (Å²) in [5, 5.41) is 0. The third-order valence-electron chi connectivity index (χ3n) is 2.73. The highest BCUT2D eigenvalue weighted by Crippen LogP contribution is 2.24. The Labute approximate surface area is 112 Å². The minimum atomic E-state index is 0.586. The van der Waals surface area contributed by atoms with Crippen LogP contribution >= 0.6 is 23.4 Å². The van der Waals surface area contributed by atoms with Gasteiger partial charge in [0.1, 0.15) is 0 Å². The van der Waals surface area contributed by atoms with Gasteiger partial charge in [-0.2, -0.15) is 0 Å². The van der Waals surface area contributed by atoms with E-state index in [0.717, 1.165) is 5.75 Å². The second-order valence-corrected chi connectivity index (χ2v) is 5.31. The van der Waals surface area contributed by atoms with Crippen LogP contribution in [0.4, 0.5) is 0 Å². The molecule has 0 aromatic heterocycles. The molecule has 0 atom stereocenters. The first kappa shape index (κ1) is 12.5. The lowest BCUT2D eigenvalue weighted by Gasteiger charge is -2.05. The number of halogens is 1. The molecular weight excluding hydrogens is 248 g/mol. The summed E-state index contributed by atoms with van der Waals surface area (Å²) in [6.45, 7) is 2.16. The molecule has 2 aromatic rings. The number of hydrogen-bond acceptors (Lipinski definition) is 1. The Kier molecular flexibility index (Phi) is 4.52. The van der Waals surface area contributed by atoms with E-state index >= 15 is 0 Å². The molecule has 0 heterocycles. The lowest BCUT2D eigenvalue weighted by molar-refractivity contribution is 1.29. The summed E-state index contributed by atoms with van der Waals surface area (Å²) in [4.78, 5) is 1.29. The highest BCUT2D eigenvalue weighted by Gasteiger charge is 1.99. The molecule has 88 valence electrons. The predicted molar refractivity (Wildman–Crippen MR) is 76.7 cm³/mol. The summed E-state index contributed by atoms with van der Waals surface area (Å²) in [6.07, 6.45) is 0. The van der Waals surface area contributed by atoms with Crippen LogP contribution in [0.1, 0.15) is 16.7 Å². The molecule has 0 fully saturated rings. The largest absolute Gasteiger partial charge is 0.122 e. The van der Waals surface area contributed by atoms with Crippen molar-refractivity contribution in [3.63, 3.8) is 0 Å². The topological polar surface area (TPSA) is 0 Å². The lowest BCUT2D eigenvalue weighted by atomic mass is 10.1. The molecule has 0 unspecified atom stereocenters. The molecule has 0 saturated heterocycles. The third-order valence-corrected chi connectivity index (χ3v) is 4.10. The van der Waals surface area contributed by atoms with E-state index in [4.69, 9.17) is 11.6 Å². The van der Waals surface area contributed by atoms with Crippen molar-refractivity contribution in [2.75, 3.05) is 0 Å². The first-order valence-corrected chi connectivity index (χ1v) is 7.14. The molecule has 0 spiro atoms. The van der Waals surface area contributed by atoms with E-state index in [1.807, 2.05) is 11.8 Å². The van der Waals surface area contributed by atoms with Gasteiger partial charge in [0.15, 0.2) is 0 Å².